The average molecular weight is 531 g/mol. The fourth-order valence-electron chi connectivity index (χ4n) is 5.31. The number of hydrogen-bond donors (Lipinski definition) is 0. The molecule has 0 aromatic heterocycles. The first kappa shape index (κ1) is 24.3. The monoisotopic (exact) mass is 529 g/mol. The molecule has 2 aliphatic carbocycles. The van der Waals surface area contributed by atoms with E-state index < -0.39 is 26.8 Å². The molecule has 0 saturated carbocycles. The van der Waals surface area contributed by atoms with Gasteiger partial charge in [-0.3, -0.25) is 4.48 Å². The van der Waals surface area contributed by atoms with Crippen LogP contribution in [0.4, 0.5) is 5.69 Å². The van der Waals surface area contributed by atoms with Crippen LogP contribution in [0.1, 0.15) is 35.1 Å². The maximum Gasteiger partial charge on any atom is 0.135 e. The Labute approximate surface area is 209 Å². The predicted octanol–water partition coefficient (Wildman–Crippen LogP) is 7.32. The quantitative estimate of drug-likeness (QED) is 0.245. The Morgan fingerprint density at radius 1 is 0.667 bits per heavy atom. The molecule has 2 unspecified atom stereocenters. The van der Waals surface area contributed by atoms with Gasteiger partial charge in [0.25, 0.3) is 0 Å². The van der Waals surface area contributed by atoms with Crippen molar-refractivity contribution in [2.45, 2.75) is 27.3 Å². The molecule has 2 aliphatic rings. The molecule has 3 heteroatoms. The predicted molar refractivity (Wildman–Crippen MR) is 146 cm³/mol. The van der Waals surface area contributed by atoms with Crippen LogP contribution in [-0.4, -0.2) is 27.1 Å². The SMILES string of the molecule is C[SiH](C)[Zr]([CH]1C=Cc2ccccc21)[CH]1C=Cc2ccccc21.Cc1ccccc1[N+](C)(C)C. The molecule has 0 N–H and O–H groups in total. The molecule has 0 amide bonds. The Hall–Kier alpha value is -1.80. The summed E-state index contributed by atoms with van der Waals surface area (Å²) in [5.74, 6) is -0.615. The van der Waals surface area contributed by atoms with Gasteiger partial charge in [-0.2, -0.15) is 0 Å². The molecule has 0 spiro atoms. The molecule has 0 heterocycles. The van der Waals surface area contributed by atoms with Gasteiger partial charge in [0, 0.05) is 5.56 Å². The van der Waals surface area contributed by atoms with E-state index in [0.717, 1.165) is 11.7 Å². The molecule has 0 fully saturated rings. The second-order valence-electron chi connectivity index (χ2n) is 10.4. The van der Waals surface area contributed by atoms with Crippen LogP contribution < -0.4 is 4.48 Å². The maximum absolute atomic E-state index is 2.60. The summed E-state index contributed by atoms with van der Waals surface area (Å²) in [5.41, 5.74) is 8.92. The normalized spacial score (nSPS) is 18.0. The number of para-hydroxylation sites is 1. The second kappa shape index (κ2) is 10.2. The summed E-state index contributed by atoms with van der Waals surface area (Å²) < 4.78 is 2.46. The molecule has 3 aromatic rings. The summed E-state index contributed by atoms with van der Waals surface area (Å²) in [6, 6.07) is 26.6. The van der Waals surface area contributed by atoms with E-state index >= 15 is 0 Å². The molecule has 33 heavy (non-hydrogen) atoms. The molecule has 1 nitrogen and oxygen atoms in total. The molecular formula is C30H37NSiZr+. The van der Waals surface area contributed by atoms with E-state index in [1.54, 1.807) is 11.1 Å². The third-order valence-corrected chi connectivity index (χ3v) is 28.2. The van der Waals surface area contributed by atoms with Gasteiger partial charge in [-0.1, -0.05) is 18.2 Å². The zero-order chi connectivity index (χ0) is 23.6. The molecule has 0 aliphatic heterocycles. The van der Waals surface area contributed by atoms with Crippen molar-refractivity contribution in [3.8, 4) is 0 Å². The number of quaternary nitrogens is 1. The number of allylic oxidation sites excluding steroid dienone is 2. The molecule has 169 valence electrons. The van der Waals surface area contributed by atoms with Crippen molar-refractivity contribution in [2.75, 3.05) is 21.1 Å². The third-order valence-electron chi connectivity index (χ3n) is 6.82. The van der Waals surface area contributed by atoms with Crippen LogP contribution in [-0.2, 0) is 20.9 Å². The summed E-state index contributed by atoms with van der Waals surface area (Å²) in [6.07, 6.45) is 9.84. The fraction of sp³-hybridized carbons (Fsp3) is 0.267. The van der Waals surface area contributed by atoms with E-state index in [-0.39, 0.29) is 0 Å². The summed E-state index contributed by atoms with van der Waals surface area (Å²) >= 11 is -1.62. The van der Waals surface area contributed by atoms with Crippen LogP contribution in [0.5, 0.6) is 0 Å². The third kappa shape index (κ3) is 5.32. The van der Waals surface area contributed by atoms with E-state index in [9.17, 15) is 0 Å². The minimum Gasteiger partial charge on any atom is -0.298 e. The summed E-state index contributed by atoms with van der Waals surface area (Å²) in [4.78, 5) is 0. The van der Waals surface area contributed by atoms with Crippen LogP contribution in [0, 0.1) is 6.92 Å². The Morgan fingerprint density at radius 3 is 1.55 bits per heavy atom. The van der Waals surface area contributed by atoms with E-state index in [1.807, 2.05) is 0 Å². The van der Waals surface area contributed by atoms with Crippen molar-refractivity contribution in [1.29, 1.82) is 0 Å². The maximum atomic E-state index is 2.60. The first-order chi connectivity index (χ1) is 15.8. The van der Waals surface area contributed by atoms with Gasteiger partial charge in [-0.05, 0) is 13.0 Å². The van der Waals surface area contributed by atoms with Gasteiger partial charge in [-0.15, -0.1) is 0 Å². The van der Waals surface area contributed by atoms with Crippen molar-refractivity contribution < 1.29 is 20.9 Å². The number of fused-ring (bicyclic) bond motifs is 2. The van der Waals surface area contributed by atoms with Gasteiger partial charge in [0.15, 0.2) is 0 Å². The molecule has 2 atom stereocenters. The van der Waals surface area contributed by atoms with E-state index in [4.69, 9.17) is 0 Å². The molecule has 3 aromatic carbocycles. The Balaban J connectivity index is 0.000000200. The van der Waals surface area contributed by atoms with Crippen LogP contribution in [0.2, 0.25) is 13.1 Å². The number of hydrogen-bond acceptors (Lipinski definition) is 0. The average Bonchev–Trinajstić information content (AvgIpc) is 3.39. The minimum absolute atomic E-state index is 0.615. The number of aryl methyl sites for hydroxylation is 1. The zero-order valence-electron chi connectivity index (χ0n) is 20.9. The first-order valence-electron chi connectivity index (χ1n) is 12.1. The smallest absolute Gasteiger partial charge is 0.135 e. The van der Waals surface area contributed by atoms with Crippen molar-refractivity contribution >= 4 is 23.8 Å². The van der Waals surface area contributed by atoms with Crippen molar-refractivity contribution in [1.82, 2.24) is 4.48 Å². The van der Waals surface area contributed by atoms with E-state index in [1.165, 1.54) is 22.4 Å². The van der Waals surface area contributed by atoms with Crippen molar-refractivity contribution in [3.05, 3.63) is 113 Å². The molecule has 0 bridgehead atoms. The van der Waals surface area contributed by atoms with E-state index in [2.05, 4.69) is 138 Å². The van der Waals surface area contributed by atoms with Gasteiger partial charge in [-0.25, -0.2) is 0 Å². The van der Waals surface area contributed by atoms with Crippen molar-refractivity contribution in [2.24, 2.45) is 0 Å². The van der Waals surface area contributed by atoms with Gasteiger partial charge in [0.2, 0.25) is 0 Å². The molecule has 5 rings (SSSR count). The van der Waals surface area contributed by atoms with E-state index in [0.29, 0.717) is 0 Å². The summed E-state index contributed by atoms with van der Waals surface area (Å²) in [5, 5.41) is 0. The van der Waals surface area contributed by atoms with Crippen LogP contribution in [0.3, 0.4) is 0 Å². The summed E-state index contributed by atoms with van der Waals surface area (Å²) in [7, 11) is 6.55. The number of benzene rings is 3. The Bertz CT molecular complexity index is 1110. The Morgan fingerprint density at radius 2 is 1.12 bits per heavy atom. The standard InChI is InChI=1S/C10H16N.2C9H7.C2H7Si.Zr/c1-9-7-5-6-8-10(9)11(2,3)4;2*1-2-5-9-7-3-6-8(9)4-1;1-3-2;/h5-8H,1-4H3;2*1-7H;3H,1-2H3;/q+1;;;;. The van der Waals surface area contributed by atoms with Gasteiger partial charge in [0.1, 0.15) is 5.69 Å². The van der Waals surface area contributed by atoms with Gasteiger partial charge in [0.05, 0.1) is 21.1 Å². The minimum atomic E-state index is -1.62. The second-order valence-corrected chi connectivity index (χ2v) is 30.7. The number of rotatable bonds is 4. The van der Waals surface area contributed by atoms with Gasteiger partial charge >= 0.3 is 142 Å². The van der Waals surface area contributed by atoms with Gasteiger partial charge < -0.3 is 0 Å². The molecular weight excluding hydrogens is 494 g/mol. The fourth-order valence-corrected chi connectivity index (χ4v) is 26.4. The first-order valence-corrected chi connectivity index (χ1v) is 22.0. The Kier molecular flexibility index (Phi) is 7.53. The van der Waals surface area contributed by atoms with Crippen LogP contribution in [0.25, 0.3) is 12.2 Å². The molecule has 0 radical (unpaired) electrons. The van der Waals surface area contributed by atoms with Crippen molar-refractivity contribution in [3.63, 3.8) is 0 Å². The summed E-state index contributed by atoms with van der Waals surface area (Å²) in [6.45, 7) is 7.34. The number of nitrogens with zero attached hydrogens (tertiary/aromatic N) is 1. The topological polar surface area (TPSA) is 0 Å². The molecule has 0 saturated heterocycles. The largest absolute Gasteiger partial charge is 0.298 e. The zero-order valence-corrected chi connectivity index (χ0v) is 24.5. The van der Waals surface area contributed by atoms with Crippen LogP contribution >= 0.6 is 0 Å². The van der Waals surface area contributed by atoms with Crippen LogP contribution in [0.15, 0.2) is 84.9 Å².